The van der Waals surface area contributed by atoms with Crippen molar-refractivity contribution in [3.8, 4) is 5.75 Å². The van der Waals surface area contributed by atoms with Crippen LogP contribution in [0.15, 0.2) is 42.5 Å². The van der Waals surface area contributed by atoms with Crippen LogP contribution >= 0.6 is 23.2 Å². The van der Waals surface area contributed by atoms with Crippen molar-refractivity contribution in [2.24, 2.45) is 0 Å². The van der Waals surface area contributed by atoms with Crippen LogP contribution in [0.1, 0.15) is 35.0 Å². The van der Waals surface area contributed by atoms with E-state index in [4.69, 9.17) is 27.9 Å². The van der Waals surface area contributed by atoms with Gasteiger partial charge in [0.05, 0.1) is 7.11 Å². The fourth-order valence-electron chi connectivity index (χ4n) is 2.91. The summed E-state index contributed by atoms with van der Waals surface area (Å²) >= 11 is 12.6. The van der Waals surface area contributed by atoms with Crippen molar-refractivity contribution in [2.45, 2.75) is 22.6 Å². The summed E-state index contributed by atoms with van der Waals surface area (Å²) in [4.78, 5) is 0. The number of methoxy groups -OCH3 is 1. The molecule has 3 rings (SSSR count). The first-order valence-corrected chi connectivity index (χ1v) is 7.70. The Morgan fingerprint density at radius 1 is 1.00 bits per heavy atom. The molecule has 122 valence electrons. The van der Waals surface area contributed by atoms with Gasteiger partial charge in [0, 0.05) is 17.4 Å². The Morgan fingerprint density at radius 3 is 2.17 bits per heavy atom. The smallest absolute Gasteiger partial charge is 0.263 e. The minimum absolute atomic E-state index is 0.288. The molecular formula is C17H13Cl2F3O. The Hall–Kier alpha value is -1.39. The van der Waals surface area contributed by atoms with Crippen LogP contribution in [0, 0.1) is 5.82 Å². The van der Waals surface area contributed by atoms with Gasteiger partial charge in [-0.25, -0.2) is 13.2 Å². The van der Waals surface area contributed by atoms with E-state index in [1.165, 1.54) is 12.1 Å². The number of halogens is 5. The second kappa shape index (κ2) is 5.91. The lowest BCUT2D eigenvalue weighted by molar-refractivity contribution is 0.151. The van der Waals surface area contributed by atoms with E-state index in [-0.39, 0.29) is 11.5 Å². The van der Waals surface area contributed by atoms with Gasteiger partial charge in [-0.3, -0.25) is 0 Å². The van der Waals surface area contributed by atoms with Crippen LogP contribution in [-0.2, 0) is 0 Å². The van der Waals surface area contributed by atoms with Crippen LogP contribution in [0.25, 0.3) is 0 Å². The molecule has 0 amide bonds. The normalized spacial score (nSPS) is 22.2. The van der Waals surface area contributed by atoms with E-state index in [0.717, 1.165) is 11.6 Å². The fourth-order valence-corrected chi connectivity index (χ4v) is 3.79. The molecule has 2 aromatic carbocycles. The molecule has 0 spiro atoms. The third-order valence-electron chi connectivity index (χ3n) is 4.08. The van der Waals surface area contributed by atoms with E-state index >= 15 is 0 Å². The second-order valence-electron chi connectivity index (χ2n) is 5.52. The van der Waals surface area contributed by atoms with Gasteiger partial charge < -0.3 is 4.74 Å². The SMILES string of the molecule is COc1ccc(C2C(c3cc(F)cc(C(F)F)c3)C2(Cl)Cl)cc1. The van der Waals surface area contributed by atoms with Gasteiger partial charge >= 0.3 is 0 Å². The number of benzene rings is 2. The number of hydrogen-bond acceptors (Lipinski definition) is 1. The molecule has 23 heavy (non-hydrogen) atoms. The fraction of sp³-hybridized carbons (Fsp3) is 0.294. The molecule has 1 saturated carbocycles. The number of rotatable bonds is 4. The molecule has 2 atom stereocenters. The molecule has 6 heteroatoms. The Labute approximate surface area is 142 Å². The first-order valence-electron chi connectivity index (χ1n) is 6.95. The van der Waals surface area contributed by atoms with Gasteiger partial charge in [0.25, 0.3) is 6.43 Å². The monoisotopic (exact) mass is 360 g/mol. The highest BCUT2D eigenvalue weighted by molar-refractivity contribution is 6.52. The molecule has 0 heterocycles. The average Bonchev–Trinajstić information content (AvgIpc) is 3.09. The lowest BCUT2D eigenvalue weighted by atomic mass is 10.0. The minimum atomic E-state index is -2.75. The van der Waals surface area contributed by atoms with E-state index in [9.17, 15) is 13.2 Å². The molecule has 0 saturated heterocycles. The summed E-state index contributed by atoms with van der Waals surface area (Å²) in [6.07, 6.45) is -2.75. The predicted molar refractivity (Wildman–Crippen MR) is 84.3 cm³/mol. The highest BCUT2D eigenvalue weighted by atomic mass is 35.5. The molecule has 0 bridgehead atoms. The molecular weight excluding hydrogens is 348 g/mol. The zero-order valence-electron chi connectivity index (χ0n) is 12.1. The van der Waals surface area contributed by atoms with Crippen LogP contribution < -0.4 is 4.74 Å². The molecule has 2 aromatic rings. The van der Waals surface area contributed by atoms with Gasteiger partial charge in [0.1, 0.15) is 15.9 Å². The van der Waals surface area contributed by atoms with Crippen LogP contribution in [-0.4, -0.2) is 11.4 Å². The summed E-state index contributed by atoms with van der Waals surface area (Å²) in [7, 11) is 1.56. The quantitative estimate of drug-likeness (QED) is 0.623. The Bertz CT molecular complexity index is 716. The predicted octanol–water partition coefficient (Wildman–Crippen LogP) is 5.83. The van der Waals surface area contributed by atoms with Gasteiger partial charge in [-0.2, -0.15) is 0 Å². The summed E-state index contributed by atoms with van der Waals surface area (Å²) < 4.78 is 43.3. The van der Waals surface area contributed by atoms with Crippen LogP contribution in [0.2, 0.25) is 0 Å². The second-order valence-corrected chi connectivity index (χ2v) is 6.97. The van der Waals surface area contributed by atoms with Crippen LogP contribution in [0.5, 0.6) is 5.75 Å². The van der Waals surface area contributed by atoms with Crippen molar-refractivity contribution in [1.29, 1.82) is 0 Å². The maximum Gasteiger partial charge on any atom is 0.263 e. The molecule has 0 aromatic heterocycles. The molecule has 0 N–H and O–H groups in total. The van der Waals surface area contributed by atoms with Crippen molar-refractivity contribution in [1.82, 2.24) is 0 Å². The van der Waals surface area contributed by atoms with Crippen molar-refractivity contribution < 1.29 is 17.9 Å². The molecule has 0 radical (unpaired) electrons. The van der Waals surface area contributed by atoms with E-state index in [0.29, 0.717) is 11.3 Å². The molecule has 2 unspecified atom stereocenters. The van der Waals surface area contributed by atoms with Gasteiger partial charge in [0.15, 0.2) is 0 Å². The van der Waals surface area contributed by atoms with Crippen molar-refractivity contribution in [3.05, 3.63) is 65.0 Å². The van der Waals surface area contributed by atoms with Gasteiger partial charge in [0.2, 0.25) is 0 Å². The molecule has 1 fully saturated rings. The van der Waals surface area contributed by atoms with Crippen molar-refractivity contribution in [2.75, 3.05) is 7.11 Å². The van der Waals surface area contributed by atoms with Gasteiger partial charge in [-0.05, 0) is 41.5 Å². The van der Waals surface area contributed by atoms with Gasteiger partial charge in [-0.1, -0.05) is 12.1 Å². The first-order chi connectivity index (χ1) is 10.8. The van der Waals surface area contributed by atoms with Crippen molar-refractivity contribution >= 4 is 23.2 Å². The lowest BCUT2D eigenvalue weighted by Gasteiger charge is -2.06. The summed E-state index contributed by atoms with van der Waals surface area (Å²) in [5.41, 5.74) is 0.860. The number of hydrogen-bond donors (Lipinski definition) is 0. The van der Waals surface area contributed by atoms with E-state index < -0.39 is 22.5 Å². The average molecular weight is 361 g/mol. The Kier molecular flexibility index (Phi) is 4.23. The maximum atomic E-state index is 13.6. The lowest BCUT2D eigenvalue weighted by Crippen LogP contribution is -1.94. The molecule has 0 aliphatic heterocycles. The topological polar surface area (TPSA) is 9.23 Å². The standard InChI is InChI=1S/C17H13Cl2F3O/c1-23-13-4-2-9(3-5-13)14-15(17(14,18)19)10-6-11(16(21)22)8-12(20)7-10/h2-8,14-16H,1H3. The molecule has 1 aliphatic carbocycles. The largest absolute Gasteiger partial charge is 0.497 e. The summed E-state index contributed by atoms with van der Waals surface area (Å²) in [6.45, 7) is 0. The first kappa shape index (κ1) is 16.5. The highest BCUT2D eigenvalue weighted by Crippen LogP contribution is 2.70. The van der Waals surface area contributed by atoms with E-state index in [1.807, 2.05) is 12.1 Å². The zero-order chi connectivity index (χ0) is 16.8. The molecule has 1 aliphatic rings. The van der Waals surface area contributed by atoms with E-state index in [1.54, 1.807) is 19.2 Å². The Morgan fingerprint density at radius 2 is 1.61 bits per heavy atom. The minimum Gasteiger partial charge on any atom is -0.497 e. The number of ether oxygens (including phenoxy) is 1. The zero-order valence-corrected chi connectivity index (χ0v) is 13.6. The summed E-state index contributed by atoms with van der Waals surface area (Å²) in [5.74, 6) is -0.759. The molecule has 1 nitrogen and oxygen atoms in total. The summed E-state index contributed by atoms with van der Waals surface area (Å²) in [5, 5.41) is 0. The third kappa shape index (κ3) is 3.02. The number of alkyl halides is 4. The third-order valence-corrected chi connectivity index (χ3v) is 5.02. The maximum absolute atomic E-state index is 13.6. The van der Waals surface area contributed by atoms with Gasteiger partial charge in [-0.15, -0.1) is 23.2 Å². The summed E-state index contributed by atoms with van der Waals surface area (Å²) in [6, 6.07) is 10.5. The van der Waals surface area contributed by atoms with Crippen LogP contribution in [0.3, 0.4) is 0 Å². The van der Waals surface area contributed by atoms with Crippen LogP contribution in [0.4, 0.5) is 13.2 Å². The van der Waals surface area contributed by atoms with Crippen molar-refractivity contribution in [3.63, 3.8) is 0 Å². The van der Waals surface area contributed by atoms with E-state index in [2.05, 4.69) is 0 Å². The highest BCUT2D eigenvalue weighted by Gasteiger charge is 2.64. The Balaban J connectivity index is 1.94.